The van der Waals surface area contributed by atoms with Crippen molar-refractivity contribution in [3.8, 4) is 6.07 Å². The minimum Gasteiger partial charge on any atom is -0.360 e. The number of amides is 1. The predicted molar refractivity (Wildman–Crippen MR) is 87.8 cm³/mol. The lowest BCUT2D eigenvalue weighted by molar-refractivity contribution is -0.143. The number of hydrogen-bond donors (Lipinski definition) is 1. The second-order valence-corrected chi connectivity index (χ2v) is 6.20. The lowest BCUT2D eigenvalue weighted by Crippen LogP contribution is -2.47. The van der Waals surface area contributed by atoms with Crippen molar-refractivity contribution in [2.24, 2.45) is 0 Å². The summed E-state index contributed by atoms with van der Waals surface area (Å²) in [6, 6.07) is 2.56. The molecule has 1 aromatic rings. The topological polar surface area (TPSA) is 59.4 Å². The molecular weight excluding hydrogens is 390 g/mol. The fraction of sp³-hybridized carbons (Fsp3) is 0.412. The highest BCUT2D eigenvalue weighted by molar-refractivity contribution is 5.97. The van der Waals surface area contributed by atoms with Gasteiger partial charge in [0.1, 0.15) is 11.6 Å². The van der Waals surface area contributed by atoms with E-state index in [0.29, 0.717) is 38.3 Å². The number of carbonyl (C=O) groups excluding carboxylic acids is 1. The molecule has 0 saturated carbocycles. The molecule has 0 atom stereocenters. The van der Waals surface area contributed by atoms with Gasteiger partial charge in [-0.15, -0.1) is 0 Å². The first-order valence-corrected chi connectivity index (χ1v) is 8.06. The summed E-state index contributed by atoms with van der Waals surface area (Å²) >= 11 is 0. The quantitative estimate of drug-likeness (QED) is 0.475. The van der Waals surface area contributed by atoms with Crippen LogP contribution in [0.1, 0.15) is 11.1 Å². The van der Waals surface area contributed by atoms with E-state index in [1.807, 2.05) is 11.9 Å². The predicted octanol–water partition coefficient (Wildman–Crippen LogP) is 3.32. The molecule has 1 N–H and O–H groups in total. The number of halogens is 6. The zero-order valence-electron chi connectivity index (χ0n) is 14.7. The first-order valence-electron chi connectivity index (χ1n) is 8.06. The third-order valence-corrected chi connectivity index (χ3v) is 4.11. The first kappa shape index (κ1) is 21.6. The molecule has 0 bridgehead atoms. The number of likely N-dealkylation sites (N-methyl/N-ethyl adjacent to an activating group) is 1. The fourth-order valence-corrected chi connectivity index (χ4v) is 2.52. The highest BCUT2D eigenvalue weighted by atomic mass is 19.4. The first-order chi connectivity index (χ1) is 12.9. The van der Waals surface area contributed by atoms with Crippen LogP contribution in [0.2, 0.25) is 0 Å². The fourth-order valence-electron chi connectivity index (χ4n) is 2.52. The van der Waals surface area contributed by atoms with E-state index >= 15 is 0 Å². The smallest absolute Gasteiger partial charge is 0.360 e. The molecule has 1 aliphatic rings. The van der Waals surface area contributed by atoms with Gasteiger partial charge in [-0.25, -0.2) is 0 Å². The molecule has 1 aromatic carbocycles. The van der Waals surface area contributed by atoms with Crippen LogP contribution < -0.4 is 5.32 Å². The van der Waals surface area contributed by atoms with Gasteiger partial charge in [-0.2, -0.15) is 31.6 Å². The van der Waals surface area contributed by atoms with Crippen molar-refractivity contribution in [3.05, 3.63) is 41.1 Å². The van der Waals surface area contributed by atoms with E-state index < -0.39 is 40.6 Å². The molecule has 28 heavy (non-hydrogen) atoms. The number of anilines is 1. The Morgan fingerprint density at radius 1 is 1.04 bits per heavy atom. The standard InChI is InChI=1S/C17H16F6N4O/c1-26-2-4-27(5-3-26)15(28)11(9-24)10-25-14-7-12(16(18,19)20)6-13(8-14)17(21,22)23/h6-8,10,25H,2-5H2,1H3/b11-10-. The van der Waals surface area contributed by atoms with Crippen LogP contribution in [-0.4, -0.2) is 48.9 Å². The number of nitrogens with zero attached hydrogens (tertiary/aromatic N) is 3. The molecule has 152 valence electrons. The highest BCUT2D eigenvalue weighted by Crippen LogP contribution is 2.37. The van der Waals surface area contributed by atoms with Gasteiger partial charge in [0.15, 0.2) is 0 Å². The van der Waals surface area contributed by atoms with Crippen LogP contribution in [-0.2, 0) is 17.1 Å². The molecule has 0 aliphatic carbocycles. The minimum atomic E-state index is -4.99. The second-order valence-electron chi connectivity index (χ2n) is 6.20. The van der Waals surface area contributed by atoms with Crippen molar-refractivity contribution < 1.29 is 31.1 Å². The molecule has 0 aromatic heterocycles. The van der Waals surface area contributed by atoms with E-state index in [-0.39, 0.29) is 6.07 Å². The van der Waals surface area contributed by atoms with Crippen LogP contribution in [0.3, 0.4) is 0 Å². The van der Waals surface area contributed by atoms with Crippen molar-refractivity contribution in [1.29, 1.82) is 5.26 Å². The van der Waals surface area contributed by atoms with Crippen LogP contribution >= 0.6 is 0 Å². The van der Waals surface area contributed by atoms with Gasteiger partial charge in [-0.1, -0.05) is 0 Å². The Morgan fingerprint density at radius 2 is 1.54 bits per heavy atom. The van der Waals surface area contributed by atoms with Gasteiger partial charge < -0.3 is 15.1 Å². The van der Waals surface area contributed by atoms with E-state index in [1.54, 1.807) is 6.07 Å². The zero-order valence-corrected chi connectivity index (χ0v) is 14.7. The summed E-state index contributed by atoms with van der Waals surface area (Å²) in [4.78, 5) is 15.7. The molecule has 1 saturated heterocycles. The van der Waals surface area contributed by atoms with Crippen molar-refractivity contribution in [3.63, 3.8) is 0 Å². The summed E-state index contributed by atoms with van der Waals surface area (Å²) in [7, 11) is 1.86. The van der Waals surface area contributed by atoms with Gasteiger partial charge in [0, 0.05) is 38.1 Å². The summed E-state index contributed by atoms with van der Waals surface area (Å²) < 4.78 is 77.3. The van der Waals surface area contributed by atoms with Crippen LogP contribution in [0, 0.1) is 11.3 Å². The molecule has 0 unspecified atom stereocenters. The Kier molecular flexibility index (Phi) is 6.23. The van der Waals surface area contributed by atoms with E-state index in [2.05, 4.69) is 5.32 Å². The third kappa shape index (κ3) is 5.39. The molecular formula is C17H16F6N4O. The maximum absolute atomic E-state index is 12.9. The monoisotopic (exact) mass is 406 g/mol. The maximum Gasteiger partial charge on any atom is 0.416 e. The molecule has 1 amide bonds. The van der Waals surface area contributed by atoms with E-state index in [0.717, 1.165) is 6.20 Å². The molecule has 1 aliphatic heterocycles. The maximum atomic E-state index is 12.9. The number of nitriles is 1. The van der Waals surface area contributed by atoms with Gasteiger partial charge >= 0.3 is 12.4 Å². The molecule has 1 fully saturated rings. The van der Waals surface area contributed by atoms with Crippen LogP contribution in [0.15, 0.2) is 30.0 Å². The Hall–Kier alpha value is -2.74. The molecule has 1 heterocycles. The second kappa shape index (κ2) is 8.10. The van der Waals surface area contributed by atoms with E-state index in [4.69, 9.17) is 5.26 Å². The van der Waals surface area contributed by atoms with Crippen LogP contribution in [0.5, 0.6) is 0 Å². The Bertz CT molecular complexity index is 769. The van der Waals surface area contributed by atoms with E-state index in [9.17, 15) is 31.1 Å². The normalized spacial score (nSPS) is 16.6. The van der Waals surface area contributed by atoms with Crippen molar-refractivity contribution in [2.45, 2.75) is 12.4 Å². The summed E-state index contributed by atoms with van der Waals surface area (Å²) in [5.74, 6) is -0.647. The molecule has 11 heteroatoms. The number of carbonyl (C=O) groups is 1. The summed E-state index contributed by atoms with van der Waals surface area (Å²) in [5.41, 5.74) is -3.96. The van der Waals surface area contributed by atoms with Crippen molar-refractivity contribution in [1.82, 2.24) is 9.80 Å². The minimum absolute atomic E-state index is 0.00448. The lowest BCUT2D eigenvalue weighted by Gasteiger charge is -2.32. The summed E-state index contributed by atoms with van der Waals surface area (Å²) in [6.45, 7) is 1.88. The Labute approximate surface area is 156 Å². The Balaban J connectivity index is 2.27. The van der Waals surface area contributed by atoms with Crippen LogP contribution in [0.4, 0.5) is 32.0 Å². The number of hydrogen-bond acceptors (Lipinski definition) is 4. The van der Waals surface area contributed by atoms with E-state index in [1.165, 1.54) is 4.90 Å². The molecule has 2 rings (SSSR count). The van der Waals surface area contributed by atoms with Gasteiger partial charge in [0.2, 0.25) is 0 Å². The number of piperazine rings is 1. The van der Waals surface area contributed by atoms with Crippen molar-refractivity contribution in [2.75, 3.05) is 38.5 Å². The molecule has 5 nitrogen and oxygen atoms in total. The van der Waals surface area contributed by atoms with Gasteiger partial charge in [0.25, 0.3) is 5.91 Å². The van der Waals surface area contributed by atoms with Gasteiger partial charge in [-0.3, -0.25) is 4.79 Å². The third-order valence-electron chi connectivity index (χ3n) is 4.11. The highest BCUT2D eigenvalue weighted by Gasteiger charge is 2.37. The van der Waals surface area contributed by atoms with Crippen molar-refractivity contribution >= 4 is 11.6 Å². The average Bonchev–Trinajstić information content (AvgIpc) is 2.61. The lowest BCUT2D eigenvalue weighted by atomic mass is 10.1. The Morgan fingerprint density at radius 3 is 1.96 bits per heavy atom. The zero-order chi connectivity index (χ0) is 21.1. The largest absolute Gasteiger partial charge is 0.416 e. The number of alkyl halides is 6. The summed E-state index contributed by atoms with van der Waals surface area (Å²) in [5, 5.41) is 11.4. The summed E-state index contributed by atoms with van der Waals surface area (Å²) in [6.07, 6.45) is -9.17. The molecule has 0 spiro atoms. The molecule has 0 radical (unpaired) electrons. The average molecular weight is 406 g/mol. The van der Waals surface area contributed by atoms with Crippen LogP contribution in [0.25, 0.3) is 0 Å². The number of benzene rings is 1. The number of rotatable bonds is 3. The SMILES string of the molecule is CN1CCN(C(=O)/C(C#N)=C\Nc2cc(C(F)(F)F)cc(C(F)(F)F)c2)CC1. The van der Waals surface area contributed by atoms with Gasteiger partial charge in [-0.05, 0) is 25.2 Å². The number of nitrogens with one attached hydrogen (secondary N) is 1. The van der Waals surface area contributed by atoms with Gasteiger partial charge in [0.05, 0.1) is 11.1 Å².